The Morgan fingerprint density at radius 3 is 2.61 bits per heavy atom. The van der Waals surface area contributed by atoms with Gasteiger partial charge < -0.3 is 20.0 Å². The second kappa shape index (κ2) is 14.1. The normalized spacial score (nSPS) is 20.0. The number of rotatable bonds is 8. The lowest BCUT2D eigenvalue weighted by Gasteiger charge is -2.34. The quantitative estimate of drug-likeness (QED) is 0.369. The third kappa shape index (κ3) is 8.57. The number of carbonyl (C=O) groups excluding carboxylic acids is 4. The Hall–Kier alpha value is -1.95. The molecule has 3 atom stereocenters. The third-order valence-corrected chi connectivity index (χ3v) is 7.50. The van der Waals surface area contributed by atoms with Gasteiger partial charge in [0.15, 0.2) is 0 Å². The Bertz CT molecular complexity index is 970. The van der Waals surface area contributed by atoms with E-state index in [4.69, 9.17) is 32.6 Å². The van der Waals surface area contributed by atoms with E-state index in [1.807, 2.05) is 13.8 Å². The summed E-state index contributed by atoms with van der Waals surface area (Å²) in [7, 11) is 2.05. The summed E-state index contributed by atoms with van der Waals surface area (Å²) in [4.78, 5) is 52.3. The standard InChI is InChI=1S/C23H32BCl2N3O6S/c1-13(2)8-19(28-20(30)10-27-21(31)16-9-15(25)6-7-17(16)26)24-29(4)18(23(33)34-5)12-36-11-14(3)22(32)35-24/h6-7,9,13-14,18-19H,8,10-12H2,1-5H3,(H,27,31)(H,28,30)/t14-,18+,19-/m0/s1. The smallest absolute Gasteiger partial charge is 0.475 e. The summed E-state index contributed by atoms with van der Waals surface area (Å²) in [5.41, 5.74) is 0.146. The fraction of sp³-hybridized carbons (Fsp3) is 0.565. The maximum atomic E-state index is 12.9. The number of likely N-dealkylation sites (N-methyl/N-ethyl adjacent to an activating group) is 1. The molecule has 0 bridgehead atoms. The Balaban J connectivity index is 2.22. The van der Waals surface area contributed by atoms with Crippen LogP contribution in [0.2, 0.25) is 10.0 Å². The van der Waals surface area contributed by atoms with E-state index in [9.17, 15) is 19.2 Å². The number of nitrogens with zero attached hydrogens (tertiary/aromatic N) is 1. The van der Waals surface area contributed by atoms with E-state index in [1.165, 1.54) is 31.0 Å². The third-order valence-electron chi connectivity index (χ3n) is 5.65. The largest absolute Gasteiger partial charge is 0.518 e. The van der Waals surface area contributed by atoms with Gasteiger partial charge >= 0.3 is 13.0 Å². The van der Waals surface area contributed by atoms with Crippen LogP contribution < -0.4 is 10.6 Å². The summed E-state index contributed by atoms with van der Waals surface area (Å²) in [6.45, 7) is 5.36. The highest BCUT2D eigenvalue weighted by molar-refractivity contribution is 7.99. The van der Waals surface area contributed by atoms with Gasteiger partial charge in [0.05, 0.1) is 36.1 Å². The first-order valence-corrected chi connectivity index (χ1v) is 13.5. The molecule has 1 aliphatic rings. The molecule has 2 amide bonds. The summed E-state index contributed by atoms with van der Waals surface area (Å²) >= 11 is 13.5. The van der Waals surface area contributed by atoms with E-state index in [0.717, 1.165) is 0 Å². The number of carbonyl (C=O) groups is 4. The number of nitrogens with one attached hydrogen (secondary N) is 2. The lowest BCUT2D eigenvalue weighted by Crippen LogP contribution is -2.62. The molecule has 0 radical (unpaired) electrons. The molecule has 1 saturated heterocycles. The topological polar surface area (TPSA) is 114 Å². The zero-order valence-corrected chi connectivity index (χ0v) is 23.3. The number of halogens is 2. The number of amides is 2. The van der Waals surface area contributed by atoms with Crippen molar-refractivity contribution >= 4 is 65.8 Å². The summed E-state index contributed by atoms with van der Waals surface area (Å²) in [6.07, 6.45) is 0.456. The minimum absolute atomic E-state index is 0.123. The van der Waals surface area contributed by atoms with Gasteiger partial charge in [0, 0.05) is 16.5 Å². The number of hydrogen-bond acceptors (Lipinski definition) is 8. The molecule has 0 unspecified atom stereocenters. The van der Waals surface area contributed by atoms with Crippen molar-refractivity contribution in [2.45, 2.75) is 39.2 Å². The summed E-state index contributed by atoms with van der Waals surface area (Å²) in [6, 6.07) is 3.78. The Morgan fingerprint density at radius 1 is 1.28 bits per heavy atom. The summed E-state index contributed by atoms with van der Waals surface area (Å²) < 4.78 is 10.8. The predicted molar refractivity (Wildman–Crippen MR) is 142 cm³/mol. The molecule has 0 aliphatic carbocycles. The van der Waals surface area contributed by atoms with Crippen LogP contribution in [0.15, 0.2) is 18.2 Å². The molecule has 1 aromatic carbocycles. The fourth-order valence-corrected chi connectivity index (χ4v) is 5.31. The SMILES string of the molecule is COC(=O)[C@H]1CSC[C@H](C)C(=O)OB([C@H](CC(C)C)NC(=O)CNC(=O)c2cc(Cl)ccc2Cl)N1C. The molecule has 1 aromatic rings. The first-order chi connectivity index (χ1) is 16.9. The molecule has 0 saturated carbocycles. The van der Waals surface area contributed by atoms with Crippen molar-refractivity contribution in [2.75, 3.05) is 32.2 Å². The van der Waals surface area contributed by atoms with Crippen LogP contribution in [-0.2, 0) is 23.8 Å². The van der Waals surface area contributed by atoms with Gasteiger partial charge in [-0.3, -0.25) is 24.0 Å². The van der Waals surface area contributed by atoms with Gasteiger partial charge in [0.25, 0.3) is 11.9 Å². The van der Waals surface area contributed by atoms with Crippen LogP contribution in [0.25, 0.3) is 0 Å². The van der Waals surface area contributed by atoms with Crippen molar-refractivity contribution in [1.29, 1.82) is 0 Å². The highest BCUT2D eigenvalue weighted by Gasteiger charge is 2.44. The van der Waals surface area contributed by atoms with Gasteiger partial charge in [-0.1, -0.05) is 44.0 Å². The number of ether oxygens (including phenoxy) is 1. The summed E-state index contributed by atoms with van der Waals surface area (Å²) in [5.74, 6) is -1.95. The lowest BCUT2D eigenvalue weighted by molar-refractivity contribution is -0.145. The molecule has 1 heterocycles. The highest BCUT2D eigenvalue weighted by atomic mass is 35.5. The van der Waals surface area contributed by atoms with E-state index in [2.05, 4.69) is 10.6 Å². The number of benzene rings is 1. The minimum atomic E-state index is -0.924. The second-order valence-corrected chi connectivity index (χ2v) is 11.0. The highest BCUT2D eigenvalue weighted by Crippen LogP contribution is 2.23. The molecule has 13 heteroatoms. The first kappa shape index (κ1) is 30.3. The van der Waals surface area contributed by atoms with Crippen molar-refractivity contribution in [3.05, 3.63) is 33.8 Å². The zero-order chi connectivity index (χ0) is 27.0. The van der Waals surface area contributed by atoms with Crippen LogP contribution in [-0.4, -0.2) is 79.8 Å². The average molecular weight is 560 g/mol. The molecular weight excluding hydrogens is 528 g/mol. The lowest BCUT2D eigenvalue weighted by atomic mass is 9.66. The van der Waals surface area contributed by atoms with Crippen LogP contribution in [0.4, 0.5) is 0 Å². The minimum Gasteiger partial charge on any atom is -0.518 e. The van der Waals surface area contributed by atoms with Crippen LogP contribution >= 0.6 is 35.0 Å². The Kier molecular flexibility index (Phi) is 11.9. The maximum Gasteiger partial charge on any atom is 0.475 e. The molecule has 198 valence electrons. The first-order valence-electron chi connectivity index (χ1n) is 11.5. The van der Waals surface area contributed by atoms with Crippen LogP contribution in [0.3, 0.4) is 0 Å². The van der Waals surface area contributed by atoms with E-state index < -0.39 is 42.8 Å². The van der Waals surface area contributed by atoms with Crippen LogP contribution in [0.5, 0.6) is 0 Å². The van der Waals surface area contributed by atoms with Crippen molar-refractivity contribution < 1.29 is 28.6 Å². The van der Waals surface area contributed by atoms with Gasteiger partial charge in [-0.2, -0.15) is 11.8 Å². The average Bonchev–Trinajstić information content (AvgIpc) is 2.87. The van der Waals surface area contributed by atoms with E-state index in [0.29, 0.717) is 22.9 Å². The second-order valence-electron chi connectivity index (χ2n) is 9.08. The molecular formula is C23H32BCl2N3O6S. The number of thioether (sulfide) groups is 1. The van der Waals surface area contributed by atoms with Gasteiger partial charge in [-0.25, -0.2) is 0 Å². The number of esters is 1. The molecule has 9 nitrogen and oxygen atoms in total. The maximum absolute atomic E-state index is 12.9. The molecule has 1 fully saturated rings. The Labute approximate surface area is 226 Å². The predicted octanol–water partition coefficient (Wildman–Crippen LogP) is 2.68. The van der Waals surface area contributed by atoms with Gasteiger partial charge in [-0.05, 0) is 37.6 Å². The molecule has 1 aliphatic heterocycles. The number of hydrogen-bond donors (Lipinski definition) is 2. The van der Waals surface area contributed by atoms with Gasteiger partial charge in [-0.15, -0.1) is 0 Å². The Morgan fingerprint density at radius 2 is 1.97 bits per heavy atom. The van der Waals surface area contributed by atoms with Crippen LogP contribution in [0.1, 0.15) is 37.6 Å². The van der Waals surface area contributed by atoms with Crippen molar-refractivity contribution in [2.24, 2.45) is 11.8 Å². The van der Waals surface area contributed by atoms with Gasteiger partial charge in [0.1, 0.15) is 6.04 Å². The van der Waals surface area contributed by atoms with E-state index in [1.54, 1.807) is 24.8 Å². The van der Waals surface area contributed by atoms with Crippen molar-refractivity contribution in [3.8, 4) is 0 Å². The molecule has 2 rings (SSSR count). The van der Waals surface area contributed by atoms with E-state index >= 15 is 0 Å². The van der Waals surface area contributed by atoms with Gasteiger partial charge in [0.2, 0.25) is 5.91 Å². The van der Waals surface area contributed by atoms with Crippen molar-refractivity contribution in [1.82, 2.24) is 15.4 Å². The number of methoxy groups -OCH3 is 1. The zero-order valence-electron chi connectivity index (χ0n) is 21.0. The summed E-state index contributed by atoms with van der Waals surface area (Å²) in [5, 5.41) is 5.94. The monoisotopic (exact) mass is 559 g/mol. The van der Waals surface area contributed by atoms with Crippen LogP contribution in [0, 0.1) is 11.8 Å². The van der Waals surface area contributed by atoms with E-state index in [-0.39, 0.29) is 29.0 Å². The molecule has 36 heavy (non-hydrogen) atoms. The van der Waals surface area contributed by atoms with Crippen molar-refractivity contribution in [3.63, 3.8) is 0 Å². The molecule has 0 aromatic heterocycles. The molecule has 2 N–H and O–H groups in total. The molecule has 0 spiro atoms. The fourth-order valence-electron chi connectivity index (χ4n) is 3.71.